The highest BCUT2D eigenvalue weighted by Crippen LogP contribution is 2.72. The predicted octanol–water partition coefficient (Wildman–Crippen LogP) is 8.10. The fraction of sp³-hybridized carbons (Fsp3) is 0.906. The van der Waals surface area contributed by atoms with Gasteiger partial charge in [-0.25, -0.2) is 0 Å². The Hall–Kier alpha value is -0.830. The lowest BCUT2D eigenvalue weighted by Gasteiger charge is -2.63. The molecular formula is C32H54O3. The van der Waals surface area contributed by atoms with E-state index in [1.54, 1.807) is 5.57 Å². The first-order valence-corrected chi connectivity index (χ1v) is 14.8. The third kappa shape index (κ3) is 4.15. The summed E-state index contributed by atoms with van der Waals surface area (Å²) in [6.07, 6.45) is 11.3. The number of carbonyl (C=O) groups excluding carboxylic acids is 1. The summed E-state index contributed by atoms with van der Waals surface area (Å²) in [4.78, 5) is 11.8. The number of hydrogen-bond acceptors (Lipinski definition) is 3. The Morgan fingerprint density at radius 2 is 1.71 bits per heavy atom. The van der Waals surface area contributed by atoms with Gasteiger partial charge in [0.2, 0.25) is 0 Å². The van der Waals surface area contributed by atoms with Gasteiger partial charge in [-0.1, -0.05) is 80.2 Å². The zero-order valence-corrected chi connectivity index (χ0v) is 24.3. The van der Waals surface area contributed by atoms with Gasteiger partial charge in [-0.15, -0.1) is 0 Å². The summed E-state index contributed by atoms with van der Waals surface area (Å²) >= 11 is 0. The zero-order chi connectivity index (χ0) is 26.0. The van der Waals surface area contributed by atoms with Crippen molar-refractivity contribution in [3.05, 3.63) is 11.1 Å². The quantitative estimate of drug-likeness (QED) is 0.305. The molecule has 0 spiro atoms. The van der Waals surface area contributed by atoms with Gasteiger partial charge in [-0.3, -0.25) is 4.79 Å². The molecule has 35 heavy (non-hydrogen) atoms. The SMILES string of the molecule is CC(=O)O[C@H]1CC[C@]2(C)C3=C([C@H](O)C[C@H]2C1(C)C)[C@]1(C)CC[C@H]([C@H](C)CCCC(C)C)[C@@]1(C)CC3. The summed E-state index contributed by atoms with van der Waals surface area (Å²) in [5.74, 6) is 2.46. The Labute approximate surface area is 215 Å². The Bertz CT molecular complexity index is 855. The van der Waals surface area contributed by atoms with Crippen molar-refractivity contribution >= 4 is 5.97 Å². The highest BCUT2D eigenvalue weighted by atomic mass is 16.5. The molecule has 0 saturated heterocycles. The van der Waals surface area contributed by atoms with Gasteiger partial charge in [-0.2, -0.15) is 0 Å². The molecule has 0 aromatic carbocycles. The van der Waals surface area contributed by atoms with Crippen LogP contribution in [0.4, 0.5) is 0 Å². The predicted molar refractivity (Wildman–Crippen MR) is 144 cm³/mol. The smallest absolute Gasteiger partial charge is 0.302 e. The van der Waals surface area contributed by atoms with Crippen molar-refractivity contribution in [3.63, 3.8) is 0 Å². The number of hydrogen-bond donors (Lipinski definition) is 1. The molecule has 4 aliphatic rings. The van der Waals surface area contributed by atoms with Crippen LogP contribution >= 0.6 is 0 Å². The van der Waals surface area contributed by atoms with Crippen molar-refractivity contribution in [2.24, 2.45) is 45.3 Å². The van der Waals surface area contributed by atoms with E-state index >= 15 is 0 Å². The lowest BCUT2D eigenvalue weighted by Crippen LogP contribution is -2.58. The lowest BCUT2D eigenvalue weighted by atomic mass is 9.42. The maximum atomic E-state index is 11.8. The van der Waals surface area contributed by atoms with Crippen LogP contribution in [0.3, 0.4) is 0 Å². The zero-order valence-electron chi connectivity index (χ0n) is 24.3. The first-order valence-electron chi connectivity index (χ1n) is 14.8. The van der Waals surface area contributed by atoms with E-state index in [-0.39, 0.29) is 39.8 Å². The molecule has 0 amide bonds. The van der Waals surface area contributed by atoms with Crippen molar-refractivity contribution < 1.29 is 14.6 Å². The molecule has 0 unspecified atom stereocenters. The van der Waals surface area contributed by atoms with Crippen LogP contribution in [-0.4, -0.2) is 23.3 Å². The summed E-state index contributed by atoms with van der Waals surface area (Å²) in [6, 6.07) is 0. The number of rotatable bonds is 6. The highest BCUT2D eigenvalue weighted by Gasteiger charge is 2.65. The maximum Gasteiger partial charge on any atom is 0.302 e. The molecule has 4 aliphatic carbocycles. The number of allylic oxidation sites excluding steroid dienone is 1. The first-order chi connectivity index (χ1) is 16.2. The van der Waals surface area contributed by atoms with E-state index in [1.807, 2.05) is 0 Å². The molecule has 8 atom stereocenters. The number of fused-ring (bicyclic) bond motifs is 4. The van der Waals surface area contributed by atoms with Crippen molar-refractivity contribution in [3.8, 4) is 0 Å². The maximum absolute atomic E-state index is 11.8. The van der Waals surface area contributed by atoms with Gasteiger partial charge in [0.05, 0.1) is 6.10 Å². The number of ether oxygens (including phenoxy) is 1. The minimum Gasteiger partial charge on any atom is -0.462 e. The molecule has 0 heterocycles. The van der Waals surface area contributed by atoms with Crippen LogP contribution in [0.25, 0.3) is 0 Å². The second kappa shape index (κ2) is 9.17. The molecule has 2 saturated carbocycles. The van der Waals surface area contributed by atoms with Crippen LogP contribution < -0.4 is 0 Å². The second-order valence-electron chi connectivity index (χ2n) is 14.8. The Morgan fingerprint density at radius 1 is 1.03 bits per heavy atom. The molecule has 0 aromatic rings. The van der Waals surface area contributed by atoms with E-state index in [0.717, 1.165) is 43.4 Å². The van der Waals surface area contributed by atoms with E-state index in [0.29, 0.717) is 5.92 Å². The van der Waals surface area contributed by atoms with Crippen LogP contribution in [0.2, 0.25) is 0 Å². The normalized spacial score (nSPS) is 43.4. The molecule has 0 aromatic heterocycles. The second-order valence-corrected chi connectivity index (χ2v) is 14.8. The van der Waals surface area contributed by atoms with E-state index < -0.39 is 0 Å². The summed E-state index contributed by atoms with van der Waals surface area (Å²) in [6.45, 7) is 20.9. The summed E-state index contributed by atoms with van der Waals surface area (Å²) in [5.41, 5.74) is 3.36. The van der Waals surface area contributed by atoms with E-state index in [9.17, 15) is 9.90 Å². The van der Waals surface area contributed by atoms with Gasteiger partial charge < -0.3 is 9.84 Å². The molecule has 3 nitrogen and oxygen atoms in total. The first kappa shape index (κ1) is 27.2. The average molecular weight is 487 g/mol. The molecule has 1 N–H and O–H groups in total. The Kier molecular flexibility index (Phi) is 7.13. The fourth-order valence-electron chi connectivity index (χ4n) is 10.0. The van der Waals surface area contributed by atoms with E-state index in [2.05, 4.69) is 55.4 Å². The summed E-state index contributed by atoms with van der Waals surface area (Å²) < 4.78 is 5.83. The van der Waals surface area contributed by atoms with Crippen LogP contribution in [0.15, 0.2) is 11.1 Å². The topological polar surface area (TPSA) is 46.5 Å². The third-order valence-electron chi connectivity index (χ3n) is 12.2. The van der Waals surface area contributed by atoms with Crippen LogP contribution in [-0.2, 0) is 9.53 Å². The largest absolute Gasteiger partial charge is 0.462 e. The van der Waals surface area contributed by atoms with E-state index in [4.69, 9.17) is 4.74 Å². The highest BCUT2D eigenvalue weighted by molar-refractivity contribution is 5.66. The third-order valence-corrected chi connectivity index (χ3v) is 12.2. The van der Waals surface area contributed by atoms with Gasteiger partial charge in [0.15, 0.2) is 0 Å². The molecule has 2 fully saturated rings. The molecule has 0 bridgehead atoms. The van der Waals surface area contributed by atoms with Crippen molar-refractivity contribution in [1.29, 1.82) is 0 Å². The average Bonchev–Trinajstić information content (AvgIpc) is 3.02. The van der Waals surface area contributed by atoms with Gasteiger partial charge in [-0.05, 0) is 90.4 Å². The lowest BCUT2D eigenvalue weighted by molar-refractivity contribution is -0.169. The number of aliphatic hydroxyl groups is 1. The fourth-order valence-corrected chi connectivity index (χ4v) is 10.0. The number of aliphatic hydroxyl groups excluding tert-OH is 1. The van der Waals surface area contributed by atoms with Crippen molar-refractivity contribution in [2.75, 3.05) is 0 Å². The van der Waals surface area contributed by atoms with Crippen LogP contribution in [0.1, 0.15) is 127 Å². The minimum atomic E-state index is -0.363. The van der Waals surface area contributed by atoms with Gasteiger partial charge >= 0.3 is 5.97 Å². The van der Waals surface area contributed by atoms with Crippen molar-refractivity contribution in [1.82, 2.24) is 0 Å². The minimum absolute atomic E-state index is 0.0561. The molecular weight excluding hydrogens is 432 g/mol. The van der Waals surface area contributed by atoms with Gasteiger partial charge in [0, 0.05) is 12.3 Å². The number of carbonyl (C=O) groups is 1. The molecule has 200 valence electrons. The molecule has 4 rings (SSSR count). The standard InChI is InChI=1S/C32H54O3/c1-20(2)11-10-12-21(3)23-13-18-32(9)28-24(14-17-31(23,32)8)30(7)16-15-27(35-22(4)33)29(5,6)26(30)19-25(28)34/h20-21,23,25-27,34H,10-19H2,1-9H3/t21-,23-,25-,26+,27+,30-,31-,32+/m1/s1. The number of esters is 1. The molecule has 0 radical (unpaired) electrons. The van der Waals surface area contributed by atoms with Crippen molar-refractivity contribution in [2.45, 2.75) is 139 Å². The summed E-state index contributed by atoms with van der Waals surface area (Å²) in [5, 5.41) is 11.8. The van der Waals surface area contributed by atoms with Gasteiger partial charge in [0.1, 0.15) is 6.10 Å². The van der Waals surface area contributed by atoms with Gasteiger partial charge in [0.25, 0.3) is 0 Å². The van der Waals surface area contributed by atoms with Crippen LogP contribution in [0, 0.1) is 45.3 Å². The molecule has 0 aliphatic heterocycles. The van der Waals surface area contributed by atoms with Crippen LogP contribution in [0.5, 0.6) is 0 Å². The Morgan fingerprint density at radius 3 is 2.34 bits per heavy atom. The molecule has 3 heteroatoms. The summed E-state index contributed by atoms with van der Waals surface area (Å²) in [7, 11) is 0. The van der Waals surface area contributed by atoms with E-state index in [1.165, 1.54) is 51.0 Å². The Balaban J connectivity index is 1.66. The monoisotopic (exact) mass is 486 g/mol.